The zero-order valence-electron chi connectivity index (χ0n) is 6.53. The molecule has 0 saturated carbocycles. The number of aromatic nitrogens is 2. The summed E-state index contributed by atoms with van der Waals surface area (Å²) in [7, 11) is 0. The van der Waals surface area contributed by atoms with Crippen molar-refractivity contribution in [3.8, 4) is 6.07 Å². The van der Waals surface area contributed by atoms with Crippen molar-refractivity contribution < 1.29 is 4.39 Å². The van der Waals surface area contributed by atoms with Gasteiger partial charge in [-0.2, -0.15) is 5.26 Å². The highest BCUT2D eigenvalue weighted by molar-refractivity contribution is 5.52. The first-order valence-corrected chi connectivity index (χ1v) is 3.55. The number of nitrogen functional groups attached to an aromatic ring is 1. The molecule has 0 radical (unpaired) electrons. The zero-order chi connectivity index (χ0) is 9.42. The monoisotopic (exact) mass is 176 g/mol. The van der Waals surface area contributed by atoms with Gasteiger partial charge in [0, 0.05) is 12.1 Å². The molecule has 13 heavy (non-hydrogen) atoms. The maximum Gasteiger partial charge on any atom is 0.142 e. The minimum absolute atomic E-state index is 0.144. The van der Waals surface area contributed by atoms with E-state index in [9.17, 15) is 4.39 Å². The molecule has 0 atom stereocenters. The van der Waals surface area contributed by atoms with Crippen LogP contribution in [0.1, 0.15) is 5.69 Å². The Kier molecular flexibility index (Phi) is 1.43. The lowest BCUT2D eigenvalue weighted by Gasteiger charge is -1.98. The maximum atomic E-state index is 12.8. The van der Waals surface area contributed by atoms with Crippen LogP contribution in [0, 0.1) is 17.1 Å². The van der Waals surface area contributed by atoms with E-state index in [-0.39, 0.29) is 5.69 Å². The van der Waals surface area contributed by atoms with Crippen molar-refractivity contribution in [3.05, 3.63) is 29.8 Å². The Labute approximate surface area is 73.0 Å². The number of nitriles is 1. The second-order valence-corrected chi connectivity index (χ2v) is 2.55. The van der Waals surface area contributed by atoms with E-state index in [4.69, 9.17) is 11.0 Å². The number of hydrogen-bond acceptors (Lipinski definition) is 3. The number of pyridine rings is 1. The van der Waals surface area contributed by atoms with Crippen molar-refractivity contribution >= 4 is 11.5 Å². The normalized spacial score (nSPS) is 10.2. The summed E-state index contributed by atoms with van der Waals surface area (Å²) >= 11 is 0. The molecule has 2 N–H and O–H groups in total. The van der Waals surface area contributed by atoms with Crippen LogP contribution in [0.25, 0.3) is 5.65 Å². The molecule has 2 rings (SSSR count). The van der Waals surface area contributed by atoms with E-state index in [1.54, 1.807) is 0 Å². The fourth-order valence-corrected chi connectivity index (χ4v) is 1.19. The third kappa shape index (κ3) is 0.999. The second-order valence-electron chi connectivity index (χ2n) is 2.55. The van der Waals surface area contributed by atoms with Gasteiger partial charge in [-0.05, 0) is 0 Å². The van der Waals surface area contributed by atoms with Crippen LogP contribution in [-0.4, -0.2) is 9.38 Å². The molecule has 0 spiro atoms. The molecule has 0 fully saturated rings. The smallest absolute Gasteiger partial charge is 0.142 e. The molecule has 2 aromatic rings. The van der Waals surface area contributed by atoms with Crippen molar-refractivity contribution in [1.29, 1.82) is 5.26 Å². The molecule has 0 unspecified atom stereocenters. The molecule has 2 aromatic heterocycles. The highest BCUT2D eigenvalue weighted by atomic mass is 19.1. The summed E-state index contributed by atoms with van der Waals surface area (Å²) in [5.41, 5.74) is 6.01. The van der Waals surface area contributed by atoms with Crippen LogP contribution in [0.15, 0.2) is 18.3 Å². The van der Waals surface area contributed by atoms with Crippen LogP contribution >= 0.6 is 0 Å². The predicted octanol–water partition coefficient (Wildman–Crippen LogP) is 0.927. The highest BCUT2D eigenvalue weighted by Gasteiger charge is 2.06. The number of nitrogens with zero attached hydrogens (tertiary/aromatic N) is 3. The van der Waals surface area contributed by atoms with Crippen molar-refractivity contribution in [1.82, 2.24) is 9.38 Å². The van der Waals surface area contributed by atoms with E-state index < -0.39 is 5.82 Å². The van der Waals surface area contributed by atoms with E-state index in [1.807, 2.05) is 6.07 Å². The van der Waals surface area contributed by atoms with E-state index >= 15 is 0 Å². The van der Waals surface area contributed by atoms with E-state index in [0.717, 1.165) is 6.07 Å². The van der Waals surface area contributed by atoms with Gasteiger partial charge in [-0.3, -0.25) is 4.40 Å². The molecular formula is C8H5FN4. The van der Waals surface area contributed by atoms with Crippen molar-refractivity contribution in [2.24, 2.45) is 0 Å². The molecule has 0 aliphatic heterocycles. The lowest BCUT2D eigenvalue weighted by atomic mass is 10.3. The average molecular weight is 176 g/mol. The molecule has 0 aromatic carbocycles. The van der Waals surface area contributed by atoms with Gasteiger partial charge in [-0.25, -0.2) is 9.37 Å². The largest absolute Gasteiger partial charge is 0.383 e. The predicted molar refractivity (Wildman–Crippen MR) is 44.3 cm³/mol. The van der Waals surface area contributed by atoms with Crippen LogP contribution in [0.5, 0.6) is 0 Å². The van der Waals surface area contributed by atoms with E-state index in [2.05, 4.69) is 4.98 Å². The number of anilines is 1. The molecule has 0 aliphatic rings. The van der Waals surface area contributed by atoms with Gasteiger partial charge < -0.3 is 5.73 Å². The minimum atomic E-state index is -0.491. The summed E-state index contributed by atoms with van der Waals surface area (Å²) in [5.74, 6) is -0.166. The van der Waals surface area contributed by atoms with E-state index in [1.165, 1.54) is 16.7 Å². The van der Waals surface area contributed by atoms with Gasteiger partial charge in [0.1, 0.15) is 29.0 Å². The Hall–Kier alpha value is -2.09. The van der Waals surface area contributed by atoms with Gasteiger partial charge in [0.25, 0.3) is 0 Å². The Morgan fingerprint density at radius 2 is 2.31 bits per heavy atom. The summed E-state index contributed by atoms with van der Waals surface area (Å²) < 4.78 is 14.2. The summed E-state index contributed by atoms with van der Waals surface area (Å²) in [5, 5.41) is 8.68. The molecule has 2 heterocycles. The summed E-state index contributed by atoms with van der Waals surface area (Å²) in [6, 6.07) is 4.18. The Morgan fingerprint density at radius 1 is 1.54 bits per heavy atom. The summed E-state index contributed by atoms with van der Waals surface area (Å²) in [6.45, 7) is 0. The van der Waals surface area contributed by atoms with Crippen LogP contribution in [0.3, 0.4) is 0 Å². The summed E-state index contributed by atoms with van der Waals surface area (Å²) in [4.78, 5) is 3.83. The molecule has 64 valence electrons. The molecule has 0 amide bonds. The minimum Gasteiger partial charge on any atom is -0.383 e. The quantitative estimate of drug-likeness (QED) is 0.649. The Bertz CT molecular complexity index is 509. The molecule has 0 saturated heterocycles. The van der Waals surface area contributed by atoms with E-state index in [0.29, 0.717) is 11.5 Å². The molecule has 0 bridgehead atoms. The molecule has 5 heteroatoms. The molecule has 4 nitrogen and oxygen atoms in total. The van der Waals surface area contributed by atoms with Crippen molar-refractivity contribution in [2.45, 2.75) is 0 Å². The van der Waals surface area contributed by atoms with Gasteiger partial charge in [0.15, 0.2) is 0 Å². The van der Waals surface area contributed by atoms with Gasteiger partial charge in [-0.15, -0.1) is 0 Å². The fourth-order valence-electron chi connectivity index (χ4n) is 1.19. The van der Waals surface area contributed by atoms with Gasteiger partial charge >= 0.3 is 0 Å². The third-order valence-corrected chi connectivity index (χ3v) is 1.71. The number of fused-ring (bicyclic) bond motifs is 1. The first-order chi connectivity index (χ1) is 6.22. The topological polar surface area (TPSA) is 67.1 Å². The van der Waals surface area contributed by atoms with Crippen LogP contribution in [0.4, 0.5) is 10.2 Å². The van der Waals surface area contributed by atoms with Crippen molar-refractivity contribution in [3.63, 3.8) is 0 Å². The zero-order valence-corrected chi connectivity index (χ0v) is 6.53. The van der Waals surface area contributed by atoms with Gasteiger partial charge in [-0.1, -0.05) is 0 Å². The fraction of sp³-hybridized carbons (Fsp3) is 0. The van der Waals surface area contributed by atoms with Gasteiger partial charge in [0.05, 0.1) is 6.20 Å². The lowest BCUT2D eigenvalue weighted by Crippen LogP contribution is -1.98. The number of rotatable bonds is 0. The highest BCUT2D eigenvalue weighted by Crippen LogP contribution is 2.13. The van der Waals surface area contributed by atoms with Crippen LogP contribution in [0.2, 0.25) is 0 Å². The Morgan fingerprint density at radius 3 is 3.00 bits per heavy atom. The van der Waals surface area contributed by atoms with Crippen molar-refractivity contribution in [2.75, 3.05) is 5.73 Å². The average Bonchev–Trinajstić information content (AvgIpc) is 2.46. The second kappa shape index (κ2) is 2.45. The lowest BCUT2D eigenvalue weighted by molar-refractivity contribution is 0.625. The number of nitrogens with two attached hydrogens (primary N) is 1. The van der Waals surface area contributed by atoms with Crippen LogP contribution < -0.4 is 5.73 Å². The number of hydrogen-bond donors (Lipinski definition) is 1. The first-order valence-electron chi connectivity index (χ1n) is 3.55. The van der Waals surface area contributed by atoms with Crippen LogP contribution in [-0.2, 0) is 0 Å². The molecular weight excluding hydrogens is 171 g/mol. The maximum absolute atomic E-state index is 12.8. The standard InChI is InChI=1S/C8H5FN4/c9-5-1-6(3-10)13-7(11)4-12-8(13)2-5/h1-2,4H,11H2. The SMILES string of the molecule is N#Cc1cc(F)cc2ncc(N)n12. The number of imidazole rings is 1. The van der Waals surface area contributed by atoms with Gasteiger partial charge in [0.2, 0.25) is 0 Å². The summed E-state index contributed by atoms with van der Waals surface area (Å²) in [6.07, 6.45) is 1.38. The Balaban J connectivity index is 2.95. The molecule has 0 aliphatic carbocycles. The number of halogens is 1. The first kappa shape index (κ1) is 7.55. The third-order valence-electron chi connectivity index (χ3n) is 1.71.